The van der Waals surface area contributed by atoms with Crippen LogP contribution in [-0.2, 0) is 0 Å². The number of hydrogen-bond donors (Lipinski definition) is 0. The molecule has 0 aliphatic carbocycles. The molecule has 0 unspecified atom stereocenters. The summed E-state index contributed by atoms with van der Waals surface area (Å²) in [7, 11) is 0. The van der Waals surface area contributed by atoms with Gasteiger partial charge in [-0.15, -0.1) is 11.3 Å². The van der Waals surface area contributed by atoms with E-state index in [1.54, 1.807) is 11.3 Å². The molecule has 1 aromatic carbocycles. The van der Waals surface area contributed by atoms with E-state index in [0.29, 0.717) is 5.28 Å². The number of aromatic nitrogens is 2. The van der Waals surface area contributed by atoms with E-state index < -0.39 is 0 Å². The van der Waals surface area contributed by atoms with Crippen molar-refractivity contribution in [2.45, 2.75) is 40.0 Å². The molecule has 0 amide bonds. The minimum absolute atomic E-state index is 0.348. The van der Waals surface area contributed by atoms with Gasteiger partial charge in [0, 0.05) is 23.5 Å². The quantitative estimate of drug-likeness (QED) is 0.523. The average Bonchev–Trinajstić information content (AvgIpc) is 2.93. The van der Waals surface area contributed by atoms with Crippen LogP contribution in [0.25, 0.3) is 21.3 Å². The summed E-state index contributed by atoms with van der Waals surface area (Å²) in [6, 6.07) is 6.69. The molecule has 3 nitrogen and oxygen atoms in total. The highest BCUT2D eigenvalue weighted by Crippen LogP contribution is 2.43. The fourth-order valence-electron chi connectivity index (χ4n) is 3.65. The van der Waals surface area contributed by atoms with E-state index in [9.17, 15) is 0 Å². The van der Waals surface area contributed by atoms with Crippen molar-refractivity contribution in [2.75, 3.05) is 18.0 Å². The molecule has 1 fully saturated rings. The second-order valence-electron chi connectivity index (χ2n) is 6.88. The summed E-state index contributed by atoms with van der Waals surface area (Å²) in [5.74, 6) is 1.01. The van der Waals surface area contributed by atoms with E-state index in [1.807, 2.05) is 0 Å². The van der Waals surface area contributed by atoms with Gasteiger partial charge >= 0.3 is 0 Å². The highest BCUT2D eigenvalue weighted by molar-refractivity contribution is 7.19. The molecule has 130 valence electrons. The first kappa shape index (κ1) is 16.8. The Balaban J connectivity index is 1.97. The first-order valence-electron chi connectivity index (χ1n) is 8.84. The lowest BCUT2D eigenvalue weighted by molar-refractivity contribution is 0.574. The fourth-order valence-corrected chi connectivity index (χ4v) is 4.90. The van der Waals surface area contributed by atoms with Crippen molar-refractivity contribution in [1.29, 1.82) is 0 Å². The molecule has 3 heterocycles. The van der Waals surface area contributed by atoms with E-state index in [-0.39, 0.29) is 0 Å². The third-order valence-corrected chi connectivity index (χ3v) is 6.30. The molecule has 0 bridgehead atoms. The summed E-state index contributed by atoms with van der Waals surface area (Å²) >= 11 is 7.97. The van der Waals surface area contributed by atoms with Crippen molar-refractivity contribution in [1.82, 2.24) is 9.97 Å². The molecule has 5 heteroatoms. The number of nitrogens with zero attached hydrogens (tertiary/aromatic N) is 3. The molecule has 0 saturated carbocycles. The van der Waals surface area contributed by atoms with E-state index >= 15 is 0 Å². The van der Waals surface area contributed by atoms with Gasteiger partial charge in [0.15, 0.2) is 0 Å². The lowest BCUT2D eigenvalue weighted by atomic mass is 9.98. The Morgan fingerprint density at radius 3 is 2.48 bits per heavy atom. The van der Waals surface area contributed by atoms with Gasteiger partial charge in [0.2, 0.25) is 5.28 Å². The molecule has 2 aromatic heterocycles. The number of piperidine rings is 1. The van der Waals surface area contributed by atoms with Crippen molar-refractivity contribution in [3.8, 4) is 11.1 Å². The highest BCUT2D eigenvalue weighted by Gasteiger charge is 2.23. The van der Waals surface area contributed by atoms with Crippen LogP contribution in [0.3, 0.4) is 0 Å². The van der Waals surface area contributed by atoms with E-state index in [4.69, 9.17) is 11.6 Å². The van der Waals surface area contributed by atoms with Crippen LogP contribution in [-0.4, -0.2) is 23.1 Å². The Morgan fingerprint density at radius 1 is 1.00 bits per heavy atom. The molecule has 25 heavy (non-hydrogen) atoms. The van der Waals surface area contributed by atoms with Crippen LogP contribution in [0, 0.1) is 20.8 Å². The van der Waals surface area contributed by atoms with Crippen LogP contribution in [0.15, 0.2) is 18.2 Å². The minimum Gasteiger partial charge on any atom is -0.356 e. The Bertz CT molecular complexity index is 942. The van der Waals surface area contributed by atoms with E-state index in [2.05, 4.69) is 53.8 Å². The van der Waals surface area contributed by atoms with Crippen LogP contribution < -0.4 is 4.90 Å². The Morgan fingerprint density at radius 2 is 1.76 bits per heavy atom. The summed E-state index contributed by atoms with van der Waals surface area (Å²) in [5, 5.41) is 1.51. The molecular formula is C20H22ClN3S. The zero-order chi connectivity index (χ0) is 17.6. The summed E-state index contributed by atoms with van der Waals surface area (Å²) < 4.78 is 0. The predicted octanol–water partition coefficient (Wildman–Crippen LogP) is 5.93. The predicted molar refractivity (Wildman–Crippen MR) is 108 cm³/mol. The van der Waals surface area contributed by atoms with Crippen molar-refractivity contribution in [2.24, 2.45) is 0 Å². The standard InChI is InChI=1S/C20H22ClN3S/c1-12-7-8-15(11-13(12)2)16-14(3)25-19-17(16)18(22-20(21)23-19)24-9-5-4-6-10-24/h7-8,11H,4-6,9-10H2,1-3H3. The third-order valence-electron chi connectivity index (χ3n) is 5.13. The van der Waals surface area contributed by atoms with Gasteiger partial charge in [0.1, 0.15) is 10.6 Å². The van der Waals surface area contributed by atoms with Crippen LogP contribution in [0.2, 0.25) is 5.28 Å². The number of benzene rings is 1. The monoisotopic (exact) mass is 371 g/mol. The molecule has 0 N–H and O–H groups in total. The molecule has 1 aliphatic rings. The van der Waals surface area contributed by atoms with Crippen LogP contribution in [0.4, 0.5) is 5.82 Å². The molecule has 3 aromatic rings. The third kappa shape index (κ3) is 3.02. The molecule has 0 atom stereocenters. The first-order chi connectivity index (χ1) is 12.0. The molecule has 4 rings (SSSR count). The van der Waals surface area contributed by atoms with Crippen molar-refractivity contribution in [3.05, 3.63) is 39.5 Å². The zero-order valence-electron chi connectivity index (χ0n) is 14.9. The second kappa shape index (κ2) is 6.58. The molecule has 1 saturated heterocycles. The smallest absolute Gasteiger partial charge is 0.225 e. The van der Waals surface area contributed by atoms with Gasteiger partial charge in [-0.1, -0.05) is 18.2 Å². The maximum Gasteiger partial charge on any atom is 0.225 e. The normalized spacial score (nSPS) is 15.1. The molecule has 1 aliphatic heterocycles. The summed E-state index contributed by atoms with van der Waals surface area (Å²) in [6.07, 6.45) is 3.72. The number of halogens is 1. The maximum atomic E-state index is 6.25. The van der Waals surface area contributed by atoms with Gasteiger partial charge in [-0.3, -0.25) is 0 Å². The SMILES string of the molecule is Cc1ccc(-c2c(C)sc3nc(Cl)nc(N4CCCCC4)c23)cc1C. The summed E-state index contributed by atoms with van der Waals surface area (Å²) in [5.41, 5.74) is 5.14. The van der Waals surface area contributed by atoms with Gasteiger partial charge in [-0.2, -0.15) is 4.98 Å². The number of thiophene rings is 1. The van der Waals surface area contributed by atoms with Crippen molar-refractivity contribution < 1.29 is 0 Å². The first-order valence-corrected chi connectivity index (χ1v) is 10.0. The van der Waals surface area contributed by atoms with Crippen LogP contribution in [0.5, 0.6) is 0 Å². The number of hydrogen-bond acceptors (Lipinski definition) is 4. The topological polar surface area (TPSA) is 29.0 Å². The molecular weight excluding hydrogens is 350 g/mol. The van der Waals surface area contributed by atoms with Crippen molar-refractivity contribution in [3.63, 3.8) is 0 Å². The fraction of sp³-hybridized carbons (Fsp3) is 0.400. The highest BCUT2D eigenvalue weighted by atomic mass is 35.5. The van der Waals surface area contributed by atoms with Gasteiger partial charge in [0.05, 0.1) is 5.39 Å². The van der Waals surface area contributed by atoms with Gasteiger partial charge < -0.3 is 4.90 Å². The van der Waals surface area contributed by atoms with Crippen LogP contribution in [0.1, 0.15) is 35.3 Å². The number of fused-ring (bicyclic) bond motifs is 1. The lowest BCUT2D eigenvalue weighted by Crippen LogP contribution is -2.30. The van der Waals surface area contributed by atoms with E-state index in [0.717, 1.165) is 29.1 Å². The average molecular weight is 372 g/mol. The lowest BCUT2D eigenvalue weighted by Gasteiger charge is -2.28. The number of rotatable bonds is 2. The van der Waals surface area contributed by atoms with Crippen LogP contribution >= 0.6 is 22.9 Å². The van der Waals surface area contributed by atoms with E-state index in [1.165, 1.54) is 46.4 Å². The maximum absolute atomic E-state index is 6.25. The zero-order valence-corrected chi connectivity index (χ0v) is 16.5. The second-order valence-corrected chi connectivity index (χ2v) is 8.42. The largest absolute Gasteiger partial charge is 0.356 e. The van der Waals surface area contributed by atoms with Gasteiger partial charge in [-0.05, 0) is 68.3 Å². The summed E-state index contributed by atoms with van der Waals surface area (Å²) in [6.45, 7) is 8.58. The molecule has 0 radical (unpaired) electrons. The summed E-state index contributed by atoms with van der Waals surface area (Å²) in [4.78, 5) is 13.8. The van der Waals surface area contributed by atoms with Gasteiger partial charge in [0.25, 0.3) is 0 Å². The number of anilines is 1. The Hall–Kier alpha value is -1.65. The van der Waals surface area contributed by atoms with Crippen molar-refractivity contribution >= 4 is 39.0 Å². The minimum atomic E-state index is 0.348. The number of aryl methyl sites for hydroxylation is 3. The Kier molecular flexibility index (Phi) is 4.42. The van der Waals surface area contributed by atoms with Gasteiger partial charge in [-0.25, -0.2) is 4.98 Å². The molecule has 0 spiro atoms. The Labute approximate surface area is 157 Å².